The van der Waals surface area contributed by atoms with Gasteiger partial charge in [0.25, 0.3) is 0 Å². The van der Waals surface area contributed by atoms with E-state index in [0.29, 0.717) is 13.0 Å². The van der Waals surface area contributed by atoms with Gasteiger partial charge in [-0.05, 0) is 55.5 Å². The van der Waals surface area contributed by atoms with Crippen molar-refractivity contribution in [2.75, 3.05) is 11.4 Å². The minimum atomic E-state index is -3.74. The molecule has 0 radical (unpaired) electrons. The highest BCUT2D eigenvalue weighted by molar-refractivity contribution is 7.89. The summed E-state index contributed by atoms with van der Waals surface area (Å²) < 4.78 is 27.9. The van der Waals surface area contributed by atoms with E-state index in [4.69, 9.17) is 0 Å². The molecule has 0 bridgehead atoms. The van der Waals surface area contributed by atoms with E-state index < -0.39 is 10.0 Å². The number of benzene rings is 2. The van der Waals surface area contributed by atoms with Crippen molar-refractivity contribution in [1.29, 1.82) is 0 Å². The molecule has 0 unspecified atom stereocenters. The Bertz CT molecular complexity index is 1080. The van der Waals surface area contributed by atoms with Crippen LogP contribution >= 0.6 is 0 Å². The monoisotopic (exact) mass is 441 g/mol. The highest BCUT2D eigenvalue weighted by Gasteiger charge is 2.39. The molecular formula is C23H27N3O4S. The van der Waals surface area contributed by atoms with Crippen molar-refractivity contribution in [2.24, 2.45) is 5.92 Å². The second-order valence-electron chi connectivity index (χ2n) is 8.24. The van der Waals surface area contributed by atoms with Crippen LogP contribution in [0.1, 0.15) is 37.3 Å². The van der Waals surface area contributed by atoms with Gasteiger partial charge in [-0.2, -0.15) is 0 Å². The third-order valence-corrected chi connectivity index (χ3v) is 7.18. The molecule has 2 amide bonds. The molecule has 164 valence electrons. The van der Waals surface area contributed by atoms with Crippen LogP contribution in [0.5, 0.6) is 0 Å². The van der Waals surface area contributed by atoms with Gasteiger partial charge in [0.2, 0.25) is 21.8 Å². The Kier molecular flexibility index (Phi) is 6.11. The maximum absolute atomic E-state index is 12.7. The lowest BCUT2D eigenvalue weighted by Gasteiger charge is -2.22. The topological polar surface area (TPSA) is 95.6 Å². The fourth-order valence-corrected chi connectivity index (χ4v) is 4.99. The number of fused-ring (bicyclic) bond motifs is 1. The Morgan fingerprint density at radius 3 is 2.55 bits per heavy atom. The Balaban J connectivity index is 1.33. The predicted molar refractivity (Wildman–Crippen MR) is 118 cm³/mol. The lowest BCUT2D eigenvalue weighted by Crippen LogP contribution is -2.36. The summed E-state index contributed by atoms with van der Waals surface area (Å²) in [5, 5.41) is 2.78. The summed E-state index contributed by atoms with van der Waals surface area (Å²) in [7, 11) is -3.74. The van der Waals surface area contributed by atoms with Gasteiger partial charge in [-0.25, -0.2) is 13.1 Å². The number of carbonyl (C=O) groups is 2. The van der Waals surface area contributed by atoms with Gasteiger partial charge in [0.15, 0.2) is 0 Å². The van der Waals surface area contributed by atoms with Crippen molar-refractivity contribution in [1.82, 2.24) is 10.0 Å². The molecule has 31 heavy (non-hydrogen) atoms. The van der Waals surface area contributed by atoms with E-state index in [-0.39, 0.29) is 41.6 Å². The lowest BCUT2D eigenvalue weighted by atomic mass is 10.1. The van der Waals surface area contributed by atoms with E-state index in [2.05, 4.69) is 10.0 Å². The van der Waals surface area contributed by atoms with Crippen molar-refractivity contribution in [3.63, 3.8) is 0 Å². The van der Waals surface area contributed by atoms with Gasteiger partial charge in [-0.3, -0.25) is 9.59 Å². The van der Waals surface area contributed by atoms with Gasteiger partial charge in [0, 0.05) is 37.2 Å². The first-order valence-electron chi connectivity index (χ1n) is 10.6. The number of rotatable bonds is 8. The summed E-state index contributed by atoms with van der Waals surface area (Å²) in [6.07, 6.45) is 2.57. The van der Waals surface area contributed by atoms with Gasteiger partial charge in [-0.15, -0.1) is 0 Å². The van der Waals surface area contributed by atoms with Crippen LogP contribution in [0.15, 0.2) is 53.4 Å². The first-order valence-corrected chi connectivity index (χ1v) is 12.1. The maximum Gasteiger partial charge on any atom is 0.240 e. The minimum Gasteiger partial charge on any atom is -0.352 e. The maximum atomic E-state index is 12.7. The lowest BCUT2D eigenvalue weighted by molar-refractivity contribution is -0.121. The van der Waals surface area contributed by atoms with Gasteiger partial charge in [0.05, 0.1) is 4.90 Å². The van der Waals surface area contributed by atoms with Crippen LogP contribution in [0.25, 0.3) is 0 Å². The van der Waals surface area contributed by atoms with Crippen molar-refractivity contribution >= 4 is 27.5 Å². The standard InChI is InChI=1S/C23H27N3O4S/c1-16-13-19-14-20(9-10-21(19)26(16)23(28)18-7-8-18)31(29,30)25-12-11-22(27)24-15-17-5-3-2-4-6-17/h2-6,9-10,14,16,18,25H,7-8,11-13,15H2,1H3,(H,24,27)/t16-/m1/s1. The average molecular weight is 442 g/mol. The zero-order valence-electron chi connectivity index (χ0n) is 17.5. The summed E-state index contributed by atoms with van der Waals surface area (Å²) in [4.78, 5) is 26.5. The van der Waals surface area contributed by atoms with Crippen molar-refractivity contribution in [2.45, 2.75) is 50.1 Å². The van der Waals surface area contributed by atoms with Crippen LogP contribution in [-0.4, -0.2) is 32.8 Å². The molecule has 1 fully saturated rings. The summed E-state index contributed by atoms with van der Waals surface area (Å²) in [6, 6.07) is 14.5. The SMILES string of the molecule is C[C@@H]1Cc2cc(S(=O)(=O)NCCC(=O)NCc3ccccc3)ccc2N1C(=O)C1CC1. The summed E-state index contributed by atoms with van der Waals surface area (Å²) in [5.41, 5.74) is 2.66. The minimum absolute atomic E-state index is 0.0166. The average Bonchev–Trinajstić information content (AvgIpc) is 3.54. The molecule has 2 N–H and O–H groups in total. The van der Waals surface area contributed by atoms with Crippen LogP contribution < -0.4 is 14.9 Å². The summed E-state index contributed by atoms with van der Waals surface area (Å²) in [5.74, 6) is 0.0385. The number of nitrogens with one attached hydrogen (secondary N) is 2. The van der Waals surface area contributed by atoms with Crippen LogP contribution in [0.2, 0.25) is 0 Å². The Hall–Kier alpha value is -2.71. The molecule has 8 heteroatoms. The first-order chi connectivity index (χ1) is 14.8. The van der Waals surface area contributed by atoms with Gasteiger partial charge >= 0.3 is 0 Å². The number of hydrogen-bond acceptors (Lipinski definition) is 4. The molecule has 1 heterocycles. The van der Waals surface area contributed by atoms with Crippen LogP contribution in [0, 0.1) is 5.92 Å². The van der Waals surface area contributed by atoms with E-state index in [9.17, 15) is 18.0 Å². The largest absolute Gasteiger partial charge is 0.352 e. The highest BCUT2D eigenvalue weighted by atomic mass is 32.2. The number of nitrogens with zero attached hydrogens (tertiary/aromatic N) is 1. The molecule has 0 aromatic heterocycles. The third-order valence-electron chi connectivity index (χ3n) is 5.72. The summed E-state index contributed by atoms with van der Waals surface area (Å²) in [6.45, 7) is 2.41. The molecule has 2 aromatic rings. The molecule has 0 saturated heterocycles. The number of carbonyl (C=O) groups excluding carboxylic acids is 2. The smallest absolute Gasteiger partial charge is 0.240 e. The third kappa shape index (κ3) is 4.97. The zero-order chi connectivity index (χ0) is 22.0. The molecule has 1 saturated carbocycles. The van der Waals surface area contributed by atoms with Crippen LogP contribution in [-0.2, 0) is 32.6 Å². The fourth-order valence-electron chi connectivity index (χ4n) is 3.90. The number of sulfonamides is 1. The molecular weight excluding hydrogens is 414 g/mol. The van der Waals surface area contributed by atoms with Crippen LogP contribution in [0.4, 0.5) is 5.69 Å². The fraction of sp³-hybridized carbons (Fsp3) is 0.391. The van der Waals surface area contributed by atoms with E-state index >= 15 is 0 Å². The molecule has 1 atom stereocenters. The number of amides is 2. The Morgan fingerprint density at radius 2 is 1.84 bits per heavy atom. The summed E-state index contributed by atoms with van der Waals surface area (Å²) >= 11 is 0. The van der Waals surface area contributed by atoms with Gasteiger partial charge in [-0.1, -0.05) is 30.3 Å². The first kappa shape index (κ1) is 21.5. The molecule has 7 nitrogen and oxygen atoms in total. The normalized spacial score (nSPS) is 18.0. The van der Waals surface area contributed by atoms with Crippen molar-refractivity contribution < 1.29 is 18.0 Å². The quantitative estimate of drug-likeness (QED) is 0.657. The van der Waals surface area contributed by atoms with E-state index in [1.165, 1.54) is 6.07 Å². The molecule has 2 aliphatic rings. The van der Waals surface area contributed by atoms with Crippen LogP contribution in [0.3, 0.4) is 0 Å². The second-order valence-corrected chi connectivity index (χ2v) is 10.0. The highest BCUT2D eigenvalue weighted by Crippen LogP contribution is 2.39. The Labute approximate surface area is 182 Å². The van der Waals surface area contributed by atoms with E-state index in [1.807, 2.05) is 42.2 Å². The molecule has 1 aliphatic carbocycles. The number of anilines is 1. The Morgan fingerprint density at radius 1 is 1.10 bits per heavy atom. The van der Waals surface area contributed by atoms with E-state index in [0.717, 1.165) is 29.7 Å². The van der Waals surface area contributed by atoms with Crippen molar-refractivity contribution in [3.8, 4) is 0 Å². The predicted octanol–water partition coefficient (Wildman–Crippen LogP) is 2.36. The molecule has 0 spiro atoms. The second kappa shape index (κ2) is 8.80. The molecule has 4 rings (SSSR count). The van der Waals surface area contributed by atoms with Crippen molar-refractivity contribution in [3.05, 3.63) is 59.7 Å². The zero-order valence-corrected chi connectivity index (χ0v) is 18.3. The van der Waals surface area contributed by atoms with Gasteiger partial charge < -0.3 is 10.2 Å². The van der Waals surface area contributed by atoms with Gasteiger partial charge in [0.1, 0.15) is 0 Å². The van der Waals surface area contributed by atoms with E-state index in [1.54, 1.807) is 12.1 Å². The number of hydrogen-bond donors (Lipinski definition) is 2. The molecule has 2 aromatic carbocycles. The molecule has 1 aliphatic heterocycles.